The fourth-order valence-corrected chi connectivity index (χ4v) is 10.1. The number of rotatable bonds is 3. The van der Waals surface area contributed by atoms with Gasteiger partial charge in [-0.25, -0.2) is 9.88 Å². The Kier molecular flexibility index (Phi) is 4.15. The molecule has 6 atom stereocenters. The van der Waals surface area contributed by atoms with E-state index in [0.29, 0.717) is 11.6 Å². The molecule has 5 rings (SSSR count). The molecule has 8 heteroatoms. The van der Waals surface area contributed by atoms with E-state index < -0.39 is 31.1 Å². The van der Waals surface area contributed by atoms with Gasteiger partial charge in [0.05, 0.1) is 48.0 Å². The van der Waals surface area contributed by atoms with Crippen molar-refractivity contribution in [3.63, 3.8) is 0 Å². The first-order chi connectivity index (χ1) is 14.6. The summed E-state index contributed by atoms with van der Waals surface area (Å²) in [6.45, 7) is 16.0. The van der Waals surface area contributed by atoms with E-state index in [1.54, 1.807) is 0 Å². The monoisotopic (exact) mass is 471 g/mol. The largest absolute Gasteiger partial charge is 0.367 e. The van der Waals surface area contributed by atoms with Crippen LogP contribution < -0.4 is 4.90 Å². The highest BCUT2D eigenvalue weighted by Gasteiger charge is 2.90. The Morgan fingerprint density at radius 1 is 1.28 bits per heavy atom. The van der Waals surface area contributed by atoms with Gasteiger partial charge in [0.15, 0.2) is 5.69 Å². The van der Waals surface area contributed by atoms with Crippen LogP contribution in [-0.2, 0) is 14.3 Å². The number of pyridine rings is 1. The van der Waals surface area contributed by atoms with Crippen LogP contribution in [0.4, 0.5) is 5.69 Å². The molecule has 170 valence electrons. The van der Waals surface area contributed by atoms with E-state index in [4.69, 9.17) is 21.6 Å². The fraction of sp³-hybridized carbons (Fsp3) is 0.667. The zero-order chi connectivity index (χ0) is 23.6. The van der Waals surface area contributed by atoms with Gasteiger partial charge in [-0.05, 0) is 43.3 Å². The molecule has 1 saturated carbocycles. The van der Waals surface area contributed by atoms with Gasteiger partial charge in [-0.1, -0.05) is 45.5 Å². The molecule has 1 aliphatic carbocycles. The summed E-state index contributed by atoms with van der Waals surface area (Å²) in [7, 11) is -1.65. The third-order valence-corrected chi connectivity index (χ3v) is 15.5. The van der Waals surface area contributed by atoms with Crippen LogP contribution in [0.3, 0.4) is 0 Å². The van der Waals surface area contributed by atoms with Crippen molar-refractivity contribution in [1.29, 1.82) is 5.26 Å². The lowest BCUT2D eigenvalue weighted by atomic mass is 9.64. The zero-order valence-corrected chi connectivity index (χ0v) is 21.5. The number of aromatic nitrogens is 1. The molecule has 2 unspecified atom stereocenters. The Morgan fingerprint density at radius 3 is 2.47 bits per heavy atom. The molecular formula is C24H30ClN3O3Si. The quantitative estimate of drug-likeness (QED) is 0.467. The second-order valence-electron chi connectivity index (χ2n) is 12.2. The first-order valence-corrected chi connectivity index (χ1v) is 14.9. The number of ether oxygens (including phenoxy) is 1. The van der Waals surface area contributed by atoms with Crippen molar-refractivity contribution in [2.75, 3.05) is 4.90 Å². The van der Waals surface area contributed by atoms with E-state index in [-0.39, 0.29) is 33.0 Å². The van der Waals surface area contributed by atoms with E-state index in [1.165, 1.54) is 17.2 Å². The molecule has 1 aromatic rings. The number of carbonyl (C=O) groups is 2. The number of nitriles is 1. The van der Waals surface area contributed by atoms with Gasteiger partial charge in [0.2, 0.25) is 11.8 Å². The number of halogens is 1. The molecule has 1 aromatic heterocycles. The van der Waals surface area contributed by atoms with Gasteiger partial charge in [0, 0.05) is 5.41 Å². The molecule has 2 bridgehead atoms. The number of nitrogens with zero attached hydrogens (tertiary/aromatic N) is 3. The summed E-state index contributed by atoms with van der Waals surface area (Å²) >= 11 is 6.16. The highest BCUT2D eigenvalue weighted by molar-refractivity contribution is 6.80. The second kappa shape index (κ2) is 6.02. The Bertz CT molecular complexity index is 1120. The predicted octanol–water partition coefficient (Wildman–Crippen LogP) is 4.79. The lowest BCUT2D eigenvalue weighted by molar-refractivity contribution is -0.134. The molecule has 0 radical (unpaired) electrons. The summed E-state index contributed by atoms with van der Waals surface area (Å²) in [5.41, 5.74) is -0.924. The predicted molar refractivity (Wildman–Crippen MR) is 124 cm³/mol. The van der Waals surface area contributed by atoms with E-state index in [1.807, 2.05) is 13.0 Å². The average molecular weight is 472 g/mol. The molecular weight excluding hydrogens is 442 g/mol. The molecule has 0 aromatic carbocycles. The van der Waals surface area contributed by atoms with E-state index >= 15 is 0 Å². The summed E-state index contributed by atoms with van der Waals surface area (Å²) < 4.78 is 6.69. The molecule has 4 fully saturated rings. The highest BCUT2D eigenvalue weighted by atomic mass is 35.5. The van der Waals surface area contributed by atoms with Crippen LogP contribution in [0, 0.1) is 34.5 Å². The van der Waals surface area contributed by atoms with Crippen LogP contribution in [0.15, 0.2) is 12.3 Å². The van der Waals surface area contributed by atoms with E-state index in [2.05, 4.69) is 45.8 Å². The summed E-state index contributed by atoms with van der Waals surface area (Å²) in [5, 5.41) is 9.48. The SMILES string of the molecule is CC12OC(C)([C@@H]3C(=O)N(c4cnc(C#N)c(Cl)c4)C(=O)[C@@H]31)[C@@]1(C[Si](C)(C)C(C)(C)C)C[C@@H]21. The molecule has 4 aliphatic rings. The maximum absolute atomic E-state index is 13.8. The maximum atomic E-state index is 13.8. The number of imide groups is 1. The molecule has 4 heterocycles. The van der Waals surface area contributed by atoms with Crippen molar-refractivity contribution < 1.29 is 14.3 Å². The third-order valence-electron chi connectivity index (χ3n) is 9.68. The average Bonchev–Trinajstić information content (AvgIpc) is 3.21. The minimum atomic E-state index is -1.65. The summed E-state index contributed by atoms with van der Waals surface area (Å²) in [5.74, 6) is -1.16. The molecule has 3 saturated heterocycles. The van der Waals surface area contributed by atoms with Gasteiger partial charge in [0.1, 0.15) is 6.07 Å². The van der Waals surface area contributed by atoms with Crippen LogP contribution in [0.5, 0.6) is 0 Å². The molecule has 2 amide bonds. The molecule has 0 spiro atoms. The molecule has 6 nitrogen and oxygen atoms in total. The van der Waals surface area contributed by atoms with Crippen LogP contribution in [0.25, 0.3) is 0 Å². The zero-order valence-electron chi connectivity index (χ0n) is 19.7. The van der Waals surface area contributed by atoms with Crippen molar-refractivity contribution in [2.45, 2.75) is 76.4 Å². The van der Waals surface area contributed by atoms with Crippen LogP contribution in [0.1, 0.15) is 46.7 Å². The van der Waals surface area contributed by atoms with Gasteiger partial charge >= 0.3 is 0 Å². The molecule has 32 heavy (non-hydrogen) atoms. The van der Waals surface area contributed by atoms with Crippen LogP contribution >= 0.6 is 11.6 Å². The number of carbonyl (C=O) groups excluding carboxylic acids is 2. The normalized spacial score (nSPS) is 39.8. The van der Waals surface area contributed by atoms with Crippen molar-refractivity contribution in [3.8, 4) is 6.07 Å². The Morgan fingerprint density at radius 2 is 1.91 bits per heavy atom. The van der Waals surface area contributed by atoms with E-state index in [0.717, 1.165) is 12.5 Å². The number of anilines is 1. The maximum Gasteiger partial charge on any atom is 0.240 e. The summed E-state index contributed by atoms with van der Waals surface area (Å²) in [4.78, 5) is 32.7. The van der Waals surface area contributed by atoms with Gasteiger partial charge < -0.3 is 4.74 Å². The van der Waals surface area contributed by atoms with Gasteiger partial charge in [-0.2, -0.15) is 5.26 Å². The van der Waals surface area contributed by atoms with E-state index in [9.17, 15) is 9.59 Å². The Balaban J connectivity index is 1.55. The topological polar surface area (TPSA) is 83.3 Å². The third kappa shape index (κ3) is 2.36. The summed E-state index contributed by atoms with van der Waals surface area (Å²) in [6, 6.07) is 4.50. The minimum Gasteiger partial charge on any atom is -0.367 e. The Labute approximate surface area is 195 Å². The summed E-state index contributed by atoms with van der Waals surface area (Å²) in [6.07, 6.45) is 2.42. The van der Waals surface area contributed by atoms with Crippen molar-refractivity contribution in [2.24, 2.45) is 23.2 Å². The molecule has 0 N–H and O–H groups in total. The fourth-order valence-electron chi connectivity index (χ4n) is 7.00. The number of hydrogen-bond donors (Lipinski definition) is 0. The van der Waals surface area contributed by atoms with Crippen molar-refractivity contribution in [1.82, 2.24) is 4.98 Å². The van der Waals surface area contributed by atoms with Crippen molar-refractivity contribution in [3.05, 3.63) is 23.0 Å². The van der Waals surface area contributed by atoms with Gasteiger partial charge in [-0.15, -0.1) is 0 Å². The van der Waals surface area contributed by atoms with Gasteiger partial charge in [0.25, 0.3) is 0 Å². The smallest absolute Gasteiger partial charge is 0.240 e. The second-order valence-corrected chi connectivity index (χ2v) is 18.2. The van der Waals surface area contributed by atoms with Gasteiger partial charge in [-0.3, -0.25) is 9.59 Å². The highest BCUT2D eigenvalue weighted by Crippen LogP contribution is 2.83. The standard InChI is InChI=1S/C24H30ClN3O3Si/c1-21(2,3)32(6,7)12-24-9-16(24)22(4)17-18(23(24,5)31-22)20(30)28(19(17)29)13-8-14(25)15(10-26)27-11-13/h8,11,16-18H,9,12H2,1-7H3/t16-,17+,18-,22?,23?,24+/m0/s1. The molecule has 3 aliphatic heterocycles. The number of amides is 2. The number of hydrogen-bond acceptors (Lipinski definition) is 5. The van der Waals surface area contributed by atoms with Crippen molar-refractivity contribution >= 4 is 37.2 Å². The first-order valence-electron chi connectivity index (χ1n) is 11.3. The van der Waals surface area contributed by atoms with Crippen LogP contribution in [-0.4, -0.2) is 36.1 Å². The minimum absolute atomic E-state index is 0.0432. The lowest BCUT2D eigenvalue weighted by Gasteiger charge is -2.45. The first kappa shape index (κ1) is 22.1. The lowest BCUT2D eigenvalue weighted by Crippen LogP contribution is -2.51. The number of fused-ring (bicyclic) bond motifs is 8. The van der Waals surface area contributed by atoms with Crippen LogP contribution in [0.2, 0.25) is 29.2 Å². The Hall–Kier alpha value is -1.75.